The first kappa shape index (κ1) is 18.4. The summed E-state index contributed by atoms with van der Waals surface area (Å²) in [6.07, 6.45) is 5.37. The molecule has 1 aromatic carbocycles. The summed E-state index contributed by atoms with van der Waals surface area (Å²) in [6.45, 7) is 3.47. The van der Waals surface area contributed by atoms with Crippen molar-refractivity contribution in [2.45, 2.75) is 57.6 Å². The first-order chi connectivity index (χ1) is 10.8. The van der Waals surface area contributed by atoms with Gasteiger partial charge in [0.1, 0.15) is 11.6 Å². The van der Waals surface area contributed by atoms with Crippen LogP contribution in [0.4, 0.5) is 8.78 Å². The zero-order valence-corrected chi connectivity index (χ0v) is 14.7. The summed E-state index contributed by atoms with van der Waals surface area (Å²) < 4.78 is 50.5. The normalized spacial score (nSPS) is 22.5. The van der Waals surface area contributed by atoms with Gasteiger partial charge in [-0.15, -0.1) is 0 Å². The summed E-state index contributed by atoms with van der Waals surface area (Å²) in [5, 5.41) is -0.304. The van der Waals surface area contributed by atoms with Gasteiger partial charge in [-0.05, 0) is 63.0 Å². The lowest BCUT2D eigenvalue weighted by Gasteiger charge is -2.28. The molecule has 1 saturated carbocycles. The fraction of sp³-hybridized carbons (Fsp3) is 0.667. The quantitative estimate of drug-likeness (QED) is 0.760. The topological polar surface area (TPSA) is 34.1 Å². The van der Waals surface area contributed by atoms with Gasteiger partial charge in [0.2, 0.25) is 0 Å². The predicted molar refractivity (Wildman–Crippen MR) is 89.0 cm³/mol. The lowest BCUT2D eigenvalue weighted by atomic mass is 9.80. The Labute approximate surface area is 138 Å². The zero-order chi connectivity index (χ0) is 17.0. The molecule has 2 nitrogen and oxygen atoms in total. The molecule has 130 valence electrons. The van der Waals surface area contributed by atoms with Gasteiger partial charge in [-0.3, -0.25) is 0 Å². The molecular weight excluding hydrogens is 318 g/mol. The minimum absolute atomic E-state index is 0.265. The first-order valence-corrected chi connectivity index (χ1v) is 10.1. The molecule has 0 unspecified atom stereocenters. The number of benzene rings is 1. The molecule has 0 amide bonds. The van der Waals surface area contributed by atoms with Crippen LogP contribution in [-0.2, 0) is 16.3 Å². The maximum absolute atomic E-state index is 13.6. The van der Waals surface area contributed by atoms with Crippen LogP contribution in [0, 0.1) is 23.5 Å². The Morgan fingerprint density at radius 1 is 1.09 bits per heavy atom. The molecule has 0 saturated heterocycles. The van der Waals surface area contributed by atoms with Crippen molar-refractivity contribution in [2.24, 2.45) is 11.8 Å². The Morgan fingerprint density at radius 3 is 2.26 bits per heavy atom. The smallest absolute Gasteiger partial charge is 0.152 e. The van der Waals surface area contributed by atoms with E-state index >= 15 is 0 Å². The Kier molecular flexibility index (Phi) is 6.18. The van der Waals surface area contributed by atoms with Gasteiger partial charge in [-0.2, -0.15) is 0 Å². The first-order valence-electron chi connectivity index (χ1n) is 8.43. The molecule has 1 aliphatic carbocycles. The number of sulfone groups is 1. The van der Waals surface area contributed by atoms with E-state index in [0.717, 1.165) is 38.2 Å². The van der Waals surface area contributed by atoms with Gasteiger partial charge in [0.25, 0.3) is 0 Å². The van der Waals surface area contributed by atoms with E-state index in [1.807, 2.05) is 0 Å². The molecule has 0 N–H and O–H groups in total. The second-order valence-corrected chi connectivity index (χ2v) is 9.64. The Morgan fingerprint density at radius 2 is 1.70 bits per heavy atom. The maximum atomic E-state index is 13.6. The van der Waals surface area contributed by atoms with Crippen LogP contribution >= 0.6 is 0 Å². The minimum Gasteiger partial charge on any atom is -0.229 e. The highest BCUT2D eigenvalue weighted by Gasteiger charge is 2.27. The van der Waals surface area contributed by atoms with Crippen molar-refractivity contribution in [3.63, 3.8) is 0 Å². The summed E-state index contributed by atoms with van der Waals surface area (Å²) in [5.74, 6) is 0.0581. The molecule has 2 rings (SSSR count). The monoisotopic (exact) mass is 344 g/mol. The number of rotatable bonds is 6. The van der Waals surface area contributed by atoms with Crippen LogP contribution in [0.1, 0.15) is 51.5 Å². The summed E-state index contributed by atoms with van der Waals surface area (Å²) in [4.78, 5) is 0. The van der Waals surface area contributed by atoms with Crippen molar-refractivity contribution in [1.29, 1.82) is 0 Å². The van der Waals surface area contributed by atoms with Crippen molar-refractivity contribution in [1.82, 2.24) is 0 Å². The summed E-state index contributed by atoms with van der Waals surface area (Å²) >= 11 is 0. The van der Waals surface area contributed by atoms with Crippen LogP contribution in [0.2, 0.25) is 0 Å². The van der Waals surface area contributed by atoms with E-state index in [9.17, 15) is 17.2 Å². The Hall–Kier alpha value is -0.970. The van der Waals surface area contributed by atoms with Gasteiger partial charge >= 0.3 is 0 Å². The van der Waals surface area contributed by atoms with Gasteiger partial charge in [0.05, 0.1) is 11.0 Å². The fourth-order valence-corrected chi connectivity index (χ4v) is 4.67. The van der Waals surface area contributed by atoms with E-state index in [0.29, 0.717) is 23.7 Å². The predicted octanol–water partition coefficient (Wildman–Crippen LogP) is 4.53. The lowest BCUT2D eigenvalue weighted by molar-refractivity contribution is 0.278. The average molecular weight is 344 g/mol. The number of aryl methyl sites for hydroxylation is 1. The maximum Gasteiger partial charge on any atom is 0.152 e. The van der Waals surface area contributed by atoms with Gasteiger partial charge in [-0.25, -0.2) is 17.2 Å². The second kappa shape index (κ2) is 7.73. The largest absolute Gasteiger partial charge is 0.229 e. The number of hydrogen-bond acceptors (Lipinski definition) is 2. The van der Waals surface area contributed by atoms with Crippen LogP contribution in [0.5, 0.6) is 0 Å². The number of hydrogen-bond donors (Lipinski definition) is 0. The van der Waals surface area contributed by atoms with Crippen molar-refractivity contribution in [3.05, 3.63) is 35.4 Å². The zero-order valence-electron chi connectivity index (χ0n) is 13.9. The van der Waals surface area contributed by atoms with Crippen LogP contribution in [0.15, 0.2) is 18.2 Å². The molecule has 0 aliphatic heterocycles. The third-order valence-corrected chi connectivity index (χ3v) is 7.36. The SMILES string of the molecule is CC(C)S(=O)(=O)CC1CCC(CCc2ccc(F)cc2F)CC1. The van der Waals surface area contributed by atoms with Gasteiger partial charge in [0, 0.05) is 6.07 Å². The highest BCUT2D eigenvalue weighted by Crippen LogP contribution is 2.33. The standard InChI is InChI=1S/C18H26F2O2S/c1-13(2)23(21,22)12-15-5-3-14(4-6-15)7-8-16-9-10-17(19)11-18(16)20/h9-11,13-15H,3-8,12H2,1-2H3. The molecule has 0 spiro atoms. The number of halogens is 2. The molecule has 0 radical (unpaired) electrons. The van der Waals surface area contributed by atoms with E-state index < -0.39 is 21.5 Å². The summed E-state index contributed by atoms with van der Waals surface area (Å²) in [6, 6.07) is 3.75. The van der Waals surface area contributed by atoms with Crippen LogP contribution in [0.3, 0.4) is 0 Å². The highest BCUT2D eigenvalue weighted by molar-refractivity contribution is 7.91. The molecule has 0 aromatic heterocycles. The van der Waals surface area contributed by atoms with E-state index in [1.54, 1.807) is 13.8 Å². The van der Waals surface area contributed by atoms with Crippen LogP contribution in [0.25, 0.3) is 0 Å². The fourth-order valence-electron chi connectivity index (χ4n) is 3.29. The summed E-state index contributed by atoms with van der Waals surface area (Å²) in [7, 11) is -2.97. The van der Waals surface area contributed by atoms with Crippen molar-refractivity contribution < 1.29 is 17.2 Å². The lowest BCUT2D eigenvalue weighted by Crippen LogP contribution is -2.26. The molecule has 0 atom stereocenters. The average Bonchev–Trinajstić information content (AvgIpc) is 2.47. The van der Waals surface area contributed by atoms with E-state index in [-0.39, 0.29) is 11.2 Å². The van der Waals surface area contributed by atoms with Gasteiger partial charge in [-0.1, -0.05) is 18.9 Å². The van der Waals surface area contributed by atoms with Crippen LogP contribution in [-0.4, -0.2) is 19.4 Å². The molecule has 1 aromatic rings. The van der Waals surface area contributed by atoms with Crippen molar-refractivity contribution >= 4 is 9.84 Å². The molecule has 0 heterocycles. The van der Waals surface area contributed by atoms with E-state index in [2.05, 4.69) is 0 Å². The van der Waals surface area contributed by atoms with Crippen molar-refractivity contribution in [2.75, 3.05) is 5.75 Å². The van der Waals surface area contributed by atoms with E-state index in [1.165, 1.54) is 12.1 Å². The van der Waals surface area contributed by atoms with E-state index in [4.69, 9.17) is 0 Å². The third-order valence-electron chi connectivity index (χ3n) is 4.99. The third kappa shape index (κ3) is 5.27. The molecule has 1 fully saturated rings. The van der Waals surface area contributed by atoms with Gasteiger partial charge in [0.15, 0.2) is 9.84 Å². The Bertz CT molecular complexity index is 618. The van der Waals surface area contributed by atoms with Crippen LogP contribution < -0.4 is 0 Å². The minimum atomic E-state index is -2.97. The molecule has 5 heteroatoms. The highest BCUT2D eigenvalue weighted by atomic mass is 32.2. The molecule has 1 aliphatic rings. The van der Waals surface area contributed by atoms with Crippen molar-refractivity contribution in [3.8, 4) is 0 Å². The van der Waals surface area contributed by atoms with Gasteiger partial charge < -0.3 is 0 Å². The second-order valence-electron chi connectivity index (χ2n) is 7.04. The molecule has 0 bridgehead atoms. The molecule has 23 heavy (non-hydrogen) atoms. The summed E-state index contributed by atoms with van der Waals surface area (Å²) in [5.41, 5.74) is 0.566. The molecular formula is C18H26F2O2S. The Balaban J connectivity index is 1.79.